The minimum absolute atomic E-state index is 0.0365. The van der Waals surface area contributed by atoms with Crippen LogP contribution in [0.1, 0.15) is 12.6 Å². The number of aliphatic hydroxyl groups excluding tert-OH is 1. The van der Waals surface area contributed by atoms with E-state index in [-0.39, 0.29) is 24.4 Å². The van der Waals surface area contributed by atoms with E-state index in [1.807, 2.05) is 0 Å². The fraction of sp³-hybridized carbons (Fsp3) is 0.455. The van der Waals surface area contributed by atoms with Gasteiger partial charge in [-0.2, -0.15) is 4.98 Å². The molecule has 3 atom stereocenters. The number of aromatic nitrogens is 2. The predicted octanol–water partition coefficient (Wildman–Crippen LogP) is -0.0925. The quantitative estimate of drug-likeness (QED) is 0.717. The molecule has 1 fully saturated rings. The zero-order valence-electron chi connectivity index (χ0n) is 9.32. The summed E-state index contributed by atoms with van der Waals surface area (Å²) in [5.41, 5.74) is 4.96. The lowest BCUT2D eigenvalue weighted by Gasteiger charge is -2.14. The maximum absolute atomic E-state index is 11.6. The first kappa shape index (κ1) is 11.8. The highest BCUT2D eigenvalue weighted by molar-refractivity contribution is 5.23. The second kappa shape index (κ2) is 4.68. The average molecular weight is 237 g/mol. The fourth-order valence-corrected chi connectivity index (χ4v) is 1.99. The third-order valence-corrected chi connectivity index (χ3v) is 2.93. The van der Waals surface area contributed by atoms with Gasteiger partial charge < -0.3 is 15.6 Å². The highest BCUT2D eigenvalue weighted by atomic mass is 16.5. The van der Waals surface area contributed by atoms with Crippen molar-refractivity contribution < 1.29 is 9.84 Å². The number of nitrogens with two attached hydrogens (primary N) is 1. The largest absolute Gasteiger partial charge is 0.394 e. The van der Waals surface area contributed by atoms with Crippen LogP contribution in [0.15, 0.2) is 29.7 Å². The Hall–Kier alpha value is -1.66. The van der Waals surface area contributed by atoms with Gasteiger partial charge >= 0.3 is 5.69 Å². The Bertz CT molecular complexity index is 471. The Kier molecular flexibility index (Phi) is 3.26. The van der Waals surface area contributed by atoms with Crippen LogP contribution in [0.5, 0.6) is 0 Å². The van der Waals surface area contributed by atoms with Crippen LogP contribution in [0.25, 0.3) is 0 Å². The van der Waals surface area contributed by atoms with Crippen molar-refractivity contribution in [3.05, 3.63) is 35.4 Å². The standard InChI is InChI=1S/C11H15N3O3/c1-2-7-5-10(17-8(7)6-15)14-4-3-9(12)13-11(14)16/h2-4,7-8,10,15H,1,5-6H2,(H2,12,13,16)/t7?,8-,10-/m1/s1. The van der Waals surface area contributed by atoms with Gasteiger partial charge in [-0.25, -0.2) is 4.79 Å². The number of nitrogens with zero attached hydrogens (tertiary/aromatic N) is 2. The molecule has 3 N–H and O–H groups in total. The van der Waals surface area contributed by atoms with Crippen molar-refractivity contribution in [3.8, 4) is 0 Å². The molecular weight excluding hydrogens is 222 g/mol. The molecule has 1 aliphatic rings. The Labute approximate surface area is 98.3 Å². The third kappa shape index (κ3) is 2.22. The van der Waals surface area contributed by atoms with Gasteiger partial charge in [-0.1, -0.05) is 6.08 Å². The van der Waals surface area contributed by atoms with Crippen LogP contribution in [-0.2, 0) is 4.74 Å². The van der Waals surface area contributed by atoms with E-state index in [2.05, 4.69) is 11.6 Å². The summed E-state index contributed by atoms with van der Waals surface area (Å²) in [7, 11) is 0. The summed E-state index contributed by atoms with van der Waals surface area (Å²) in [5.74, 6) is 0.220. The van der Waals surface area contributed by atoms with E-state index in [0.717, 1.165) is 0 Å². The van der Waals surface area contributed by atoms with Crippen LogP contribution in [0.3, 0.4) is 0 Å². The van der Waals surface area contributed by atoms with E-state index in [0.29, 0.717) is 6.42 Å². The molecule has 2 rings (SSSR count). The first-order valence-electron chi connectivity index (χ1n) is 5.39. The zero-order valence-corrected chi connectivity index (χ0v) is 9.32. The van der Waals surface area contributed by atoms with E-state index < -0.39 is 11.9 Å². The molecule has 0 spiro atoms. The van der Waals surface area contributed by atoms with Gasteiger partial charge in [0.2, 0.25) is 0 Å². The lowest BCUT2D eigenvalue weighted by Crippen LogP contribution is -2.27. The molecule has 92 valence electrons. The SMILES string of the molecule is C=CC1C[C@H](n2ccc(N)nc2=O)O[C@@H]1CO. The predicted molar refractivity (Wildman–Crippen MR) is 62.2 cm³/mol. The lowest BCUT2D eigenvalue weighted by molar-refractivity contribution is -0.0293. The van der Waals surface area contributed by atoms with Gasteiger partial charge in [0.25, 0.3) is 0 Å². The molecule has 0 radical (unpaired) electrons. The van der Waals surface area contributed by atoms with Gasteiger partial charge in [-0.05, 0) is 6.07 Å². The molecule has 1 saturated heterocycles. The van der Waals surface area contributed by atoms with Crippen molar-refractivity contribution in [1.82, 2.24) is 9.55 Å². The maximum atomic E-state index is 11.6. The minimum atomic E-state index is -0.448. The monoisotopic (exact) mass is 237 g/mol. The summed E-state index contributed by atoms with van der Waals surface area (Å²) in [6.45, 7) is 3.60. The van der Waals surface area contributed by atoms with Gasteiger partial charge in [0.15, 0.2) is 0 Å². The van der Waals surface area contributed by atoms with Crippen molar-refractivity contribution in [1.29, 1.82) is 0 Å². The molecule has 1 unspecified atom stereocenters. The molecular formula is C11H15N3O3. The zero-order chi connectivity index (χ0) is 12.4. The van der Waals surface area contributed by atoms with Crippen LogP contribution in [0, 0.1) is 5.92 Å². The molecule has 0 bridgehead atoms. The Morgan fingerprint density at radius 1 is 1.76 bits per heavy atom. The van der Waals surface area contributed by atoms with E-state index >= 15 is 0 Å². The topological polar surface area (TPSA) is 90.4 Å². The second-order valence-electron chi connectivity index (χ2n) is 3.99. The smallest absolute Gasteiger partial charge is 0.351 e. The molecule has 0 saturated carbocycles. The molecule has 2 heterocycles. The van der Waals surface area contributed by atoms with E-state index in [1.165, 1.54) is 4.57 Å². The second-order valence-corrected chi connectivity index (χ2v) is 3.99. The summed E-state index contributed by atoms with van der Waals surface area (Å²) in [6.07, 6.45) is 3.14. The molecule has 0 aromatic carbocycles. The minimum Gasteiger partial charge on any atom is -0.394 e. The molecule has 1 aromatic heterocycles. The van der Waals surface area contributed by atoms with Gasteiger partial charge in [0.1, 0.15) is 12.0 Å². The van der Waals surface area contributed by atoms with Crippen LogP contribution in [0.4, 0.5) is 5.82 Å². The van der Waals surface area contributed by atoms with Gasteiger partial charge in [-0.3, -0.25) is 4.57 Å². The van der Waals surface area contributed by atoms with Crippen molar-refractivity contribution in [2.45, 2.75) is 18.8 Å². The molecule has 6 nitrogen and oxygen atoms in total. The number of anilines is 1. The van der Waals surface area contributed by atoms with Crippen LogP contribution < -0.4 is 11.4 Å². The maximum Gasteiger partial charge on any atom is 0.351 e. The van der Waals surface area contributed by atoms with Gasteiger partial charge in [0.05, 0.1) is 12.7 Å². The number of ether oxygens (including phenoxy) is 1. The van der Waals surface area contributed by atoms with E-state index in [9.17, 15) is 4.79 Å². The number of nitrogen functional groups attached to an aromatic ring is 1. The Morgan fingerprint density at radius 2 is 2.53 bits per heavy atom. The molecule has 0 aliphatic carbocycles. The number of aliphatic hydroxyl groups is 1. The molecule has 0 amide bonds. The Balaban J connectivity index is 2.25. The molecule has 17 heavy (non-hydrogen) atoms. The highest BCUT2D eigenvalue weighted by Crippen LogP contribution is 2.32. The average Bonchev–Trinajstić information content (AvgIpc) is 2.72. The Morgan fingerprint density at radius 3 is 3.06 bits per heavy atom. The third-order valence-electron chi connectivity index (χ3n) is 2.93. The number of hydrogen-bond donors (Lipinski definition) is 2. The van der Waals surface area contributed by atoms with E-state index in [4.69, 9.17) is 15.6 Å². The van der Waals surface area contributed by atoms with E-state index in [1.54, 1.807) is 18.3 Å². The fourth-order valence-electron chi connectivity index (χ4n) is 1.99. The lowest BCUT2D eigenvalue weighted by atomic mass is 10.0. The first-order chi connectivity index (χ1) is 8.15. The summed E-state index contributed by atoms with van der Waals surface area (Å²) in [5, 5.41) is 9.15. The molecule has 1 aromatic rings. The normalized spacial score (nSPS) is 28.2. The summed E-state index contributed by atoms with van der Waals surface area (Å²) in [4.78, 5) is 15.3. The summed E-state index contributed by atoms with van der Waals surface area (Å²) in [6, 6.07) is 1.54. The van der Waals surface area contributed by atoms with Crippen molar-refractivity contribution >= 4 is 5.82 Å². The molecule has 6 heteroatoms. The van der Waals surface area contributed by atoms with Crippen molar-refractivity contribution in [2.24, 2.45) is 5.92 Å². The summed E-state index contributed by atoms with van der Waals surface area (Å²) >= 11 is 0. The van der Waals surface area contributed by atoms with Gasteiger partial charge in [-0.15, -0.1) is 6.58 Å². The van der Waals surface area contributed by atoms with Crippen LogP contribution in [0.2, 0.25) is 0 Å². The van der Waals surface area contributed by atoms with Crippen LogP contribution >= 0.6 is 0 Å². The molecule has 1 aliphatic heterocycles. The number of hydrogen-bond acceptors (Lipinski definition) is 5. The van der Waals surface area contributed by atoms with Crippen LogP contribution in [-0.4, -0.2) is 27.4 Å². The van der Waals surface area contributed by atoms with Crippen molar-refractivity contribution in [2.75, 3.05) is 12.3 Å². The van der Waals surface area contributed by atoms with Crippen molar-refractivity contribution in [3.63, 3.8) is 0 Å². The first-order valence-corrected chi connectivity index (χ1v) is 5.39. The summed E-state index contributed by atoms with van der Waals surface area (Å²) < 4.78 is 6.96. The van der Waals surface area contributed by atoms with Gasteiger partial charge in [0, 0.05) is 18.5 Å². The highest BCUT2D eigenvalue weighted by Gasteiger charge is 2.34. The number of rotatable bonds is 3.